The number of hydrogen-bond donors (Lipinski definition) is 1. The molecule has 1 atom stereocenters. The summed E-state index contributed by atoms with van der Waals surface area (Å²) in [6.07, 6.45) is -0.298. The predicted molar refractivity (Wildman–Crippen MR) is 233 cm³/mol. The second-order valence-electron chi connectivity index (χ2n) is 15.4. The smallest absolute Gasteiger partial charge is 0.160 e. The van der Waals surface area contributed by atoms with Crippen molar-refractivity contribution in [3.05, 3.63) is 210 Å². The first-order chi connectivity index (χ1) is 27.5. The van der Waals surface area contributed by atoms with E-state index in [0.29, 0.717) is 0 Å². The van der Waals surface area contributed by atoms with Crippen LogP contribution in [0.3, 0.4) is 0 Å². The Morgan fingerprint density at radius 2 is 1.11 bits per heavy atom. The second kappa shape index (κ2) is 12.5. The highest BCUT2D eigenvalue weighted by Crippen LogP contribution is 2.49. The van der Waals surface area contributed by atoms with Crippen molar-refractivity contribution < 1.29 is 0 Å². The van der Waals surface area contributed by atoms with E-state index in [1.807, 2.05) is 0 Å². The molecule has 0 fully saturated rings. The molecule has 0 radical (unpaired) electrons. The van der Waals surface area contributed by atoms with Gasteiger partial charge in [-0.2, -0.15) is 0 Å². The summed E-state index contributed by atoms with van der Waals surface area (Å²) in [6, 6.07) is 65.4. The van der Waals surface area contributed by atoms with Crippen LogP contribution in [0.5, 0.6) is 0 Å². The molecule has 1 unspecified atom stereocenters. The van der Waals surface area contributed by atoms with E-state index >= 15 is 0 Å². The maximum absolute atomic E-state index is 5.35. The predicted octanol–water partition coefficient (Wildman–Crippen LogP) is 12.4. The van der Waals surface area contributed by atoms with Gasteiger partial charge in [0, 0.05) is 33.0 Å². The molecule has 2 heterocycles. The van der Waals surface area contributed by atoms with Gasteiger partial charge >= 0.3 is 0 Å². The zero-order valence-electron chi connectivity index (χ0n) is 31.2. The number of hydrogen-bond acceptors (Lipinski definition) is 3. The van der Waals surface area contributed by atoms with Gasteiger partial charge in [-0.25, -0.2) is 9.98 Å². The van der Waals surface area contributed by atoms with Crippen LogP contribution in [0, 0.1) is 0 Å². The van der Waals surface area contributed by atoms with E-state index in [0.717, 1.165) is 39.4 Å². The van der Waals surface area contributed by atoms with Gasteiger partial charge in [0.15, 0.2) is 5.84 Å². The number of benzene rings is 8. The quantitative estimate of drug-likeness (QED) is 0.189. The first-order valence-corrected chi connectivity index (χ1v) is 19.4. The molecular weight excluding hydrogens is 681 g/mol. The van der Waals surface area contributed by atoms with Crippen molar-refractivity contribution in [1.82, 2.24) is 9.88 Å². The lowest BCUT2D eigenvalue weighted by Crippen LogP contribution is -2.33. The average molecular weight is 719 g/mol. The third-order valence-electron chi connectivity index (χ3n) is 11.9. The Kier molecular flexibility index (Phi) is 7.23. The number of aliphatic imine (C=N–C) groups is 2. The number of nitrogens with one attached hydrogen (secondary N) is 1. The van der Waals surface area contributed by atoms with E-state index in [2.05, 4.69) is 206 Å². The molecular formula is C52H38N4. The summed E-state index contributed by atoms with van der Waals surface area (Å²) in [5.41, 5.74) is 14.3. The Bertz CT molecular complexity index is 3080. The van der Waals surface area contributed by atoms with Crippen LogP contribution in [-0.2, 0) is 5.41 Å². The number of para-hydroxylation sites is 2. The average Bonchev–Trinajstić information content (AvgIpc) is 3.72. The van der Waals surface area contributed by atoms with Gasteiger partial charge in [0.05, 0.1) is 11.0 Å². The van der Waals surface area contributed by atoms with E-state index in [1.165, 1.54) is 60.6 Å². The minimum absolute atomic E-state index is 0.116. The van der Waals surface area contributed by atoms with Gasteiger partial charge < -0.3 is 9.88 Å². The molecule has 8 aromatic carbocycles. The van der Waals surface area contributed by atoms with E-state index < -0.39 is 0 Å². The summed E-state index contributed by atoms with van der Waals surface area (Å²) >= 11 is 0. The van der Waals surface area contributed by atoms with E-state index in [9.17, 15) is 0 Å². The van der Waals surface area contributed by atoms with Gasteiger partial charge in [-0.3, -0.25) is 0 Å². The van der Waals surface area contributed by atoms with Crippen LogP contribution in [0.25, 0.3) is 60.5 Å². The maximum Gasteiger partial charge on any atom is 0.160 e. The van der Waals surface area contributed by atoms with Crippen LogP contribution in [0.1, 0.15) is 47.8 Å². The molecule has 1 aliphatic carbocycles. The van der Waals surface area contributed by atoms with E-state index in [1.54, 1.807) is 0 Å². The molecule has 2 aliphatic rings. The summed E-state index contributed by atoms with van der Waals surface area (Å²) in [4.78, 5) is 10.7. The van der Waals surface area contributed by atoms with Crippen molar-refractivity contribution in [1.29, 1.82) is 0 Å². The summed E-state index contributed by atoms with van der Waals surface area (Å²) < 4.78 is 2.38. The Morgan fingerprint density at radius 1 is 0.500 bits per heavy atom. The molecule has 0 saturated heterocycles. The van der Waals surface area contributed by atoms with E-state index in [4.69, 9.17) is 9.98 Å². The van der Waals surface area contributed by atoms with Crippen molar-refractivity contribution >= 4 is 44.2 Å². The molecule has 1 aromatic heterocycles. The standard InChI is InChI=1S/C52H38N4/c1-52(2)44-25-13-11-22-39(44)40-29-28-34(32-45(40)52)50-53-49(33-16-5-3-6-17-33)54-51(55-50)42-31-30-38(36-20-9-10-21-37(36)42)41-24-15-27-47-48(41)43-23-12-14-26-46(43)56(47)35-18-7-4-8-19-35/h3-32,49H,1-2H3,(H,53,54,55). The molecule has 56 heavy (non-hydrogen) atoms. The summed E-state index contributed by atoms with van der Waals surface area (Å²) in [5.74, 6) is 1.54. The second-order valence-corrected chi connectivity index (χ2v) is 15.4. The van der Waals surface area contributed by atoms with E-state index in [-0.39, 0.29) is 11.6 Å². The highest BCUT2D eigenvalue weighted by Gasteiger charge is 2.36. The molecule has 0 amide bonds. The summed E-state index contributed by atoms with van der Waals surface area (Å²) in [5, 5.41) is 8.49. The maximum atomic E-state index is 5.35. The minimum atomic E-state index is -0.298. The number of rotatable bonds is 5. The lowest BCUT2D eigenvalue weighted by molar-refractivity contribution is 0.658. The molecule has 0 saturated carbocycles. The van der Waals surface area contributed by atoms with Gasteiger partial charge in [0.1, 0.15) is 12.0 Å². The first-order valence-electron chi connectivity index (χ1n) is 19.4. The number of amidine groups is 2. The topological polar surface area (TPSA) is 41.7 Å². The Morgan fingerprint density at radius 3 is 1.93 bits per heavy atom. The lowest BCUT2D eigenvalue weighted by Gasteiger charge is -2.26. The van der Waals surface area contributed by atoms with Crippen molar-refractivity contribution in [2.45, 2.75) is 25.4 Å². The molecule has 9 aromatic rings. The fraction of sp³-hybridized carbons (Fsp3) is 0.0769. The number of aromatic nitrogens is 1. The Balaban J connectivity index is 1.09. The first kappa shape index (κ1) is 32.4. The van der Waals surface area contributed by atoms with Gasteiger partial charge in [-0.05, 0) is 86.1 Å². The number of nitrogens with zero attached hydrogens (tertiary/aromatic N) is 3. The largest absolute Gasteiger partial charge is 0.344 e. The third kappa shape index (κ3) is 4.92. The summed E-state index contributed by atoms with van der Waals surface area (Å²) in [7, 11) is 0. The lowest BCUT2D eigenvalue weighted by atomic mass is 9.82. The van der Waals surface area contributed by atoms with Crippen LogP contribution in [0.15, 0.2) is 192 Å². The van der Waals surface area contributed by atoms with Crippen molar-refractivity contribution in [2.24, 2.45) is 9.98 Å². The van der Waals surface area contributed by atoms with Crippen molar-refractivity contribution in [3.63, 3.8) is 0 Å². The molecule has 0 bridgehead atoms. The zero-order chi connectivity index (χ0) is 37.4. The molecule has 1 aliphatic heterocycles. The monoisotopic (exact) mass is 718 g/mol. The van der Waals surface area contributed by atoms with Crippen LogP contribution in [0.4, 0.5) is 0 Å². The summed E-state index contributed by atoms with van der Waals surface area (Å²) in [6.45, 7) is 4.65. The van der Waals surface area contributed by atoms with Gasteiger partial charge in [0.2, 0.25) is 0 Å². The van der Waals surface area contributed by atoms with Crippen LogP contribution >= 0.6 is 0 Å². The van der Waals surface area contributed by atoms with Crippen molar-refractivity contribution in [2.75, 3.05) is 0 Å². The molecule has 0 spiro atoms. The van der Waals surface area contributed by atoms with Crippen LogP contribution < -0.4 is 5.32 Å². The normalized spacial score (nSPS) is 15.6. The van der Waals surface area contributed by atoms with Crippen LogP contribution in [-0.4, -0.2) is 16.2 Å². The number of fused-ring (bicyclic) bond motifs is 7. The third-order valence-corrected chi connectivity index (χ3v) is 11.9. The van der Waals surface area contributed by atoms with Crippen LogP contribution in [0.2, 0.25) is 0 Å². The fourth-order valence-electron chi connectivity index (χ4n) is 9.20. The molecule has 1 N–H and O–H groups in total. The Labute approximate surface area is 326 Å². The highest BCUT2D eigenvalue weighted by atomic mass is 15.2. The Hall–Kier alpha value is -7.04. The SMILES string of the molecule is CC1(C)c2ccccc2-c2ccc(C3=NC(c4ccc(-c5cccc6c5c5ccccc5n6-c5ccccc5)c5ccccc45)=NC(c4ccccc4)N3)cc21. The van der Waals surface area contributed by atoms with Gasteiger partial charge in [-0.1, -0.05) is 159 Å². The molecule has 4 nitrogen and oxygen atoms in total. The fourth-order valence-corrected chi connectivity index (χ4v) is 9.20. The highest BCUT2D eigenvalue weighted by molar-refractivity contribution is 6.22. The molecule has 11 rings (SSSR count). The van der Waals surface area contributed by atoms with Gasteiger partial charge in [0.25, 0.3) is 0 Å². The molecule has 4 heteroatoms. The molecule has 266 valence electrons. The van der Waals surface area contributed by atoms with Gasteiger partial charge in [-0.15, -0.1) is 0 Å². The zero-order valence-corrected chi connectivity index (χ0v) is 31.2. The minimum Gasteiger partial charge on any atom is -0.344 e. The van der Waals surface area contributed by atoms with Crippen molar-refractivity contribution in [3.8, 4) is 27.9 Å².